The Balaban J connectivity index is 2.15. The Hall–Kier alpha value is -1.74. The first-order valence-corrected chi connectivity index (χ1v) is 8.94. The lowest BCUT2D eigenvalue weighted by atomic mass is 10.3. The fourth-order valence-electron chi connectivity index (χ4n) is 2.38. The number of hydrogen-bond donors (Lipinski definition) is 1. The summed E-state index contributed by atoms with van der Waals surface area (Å²) in [6.07, 6.45) is 1.80. The van der Waals surface area contributed by atoms with Crippen molar-refractivity contribution in [3.63, 3.8) is 0 Å². The van der Waals surface area contributed by atoms with Gasteiger partial charge in [0.2, 0.25) is 16.0 Å². The number of nitrogens with zero attached hydrogens (tertiary/aromatic N) is 4. The molecule has 1 aromatic rings. The minimum atomic E-state index is -3.22. The number of nitrogens with one attached hydrogen (secondary N) is 1. The number of sulfonamides is 1. The Morgan fingerprint density at radius 3 is 2.59 bits per heavy atom. The monoisotopic (exact) mass is 327 g/mol. The van der Waals surface area contributed by atoms with Crippen LogP contribution in [0, 0.1) is 6.92 Å². The maximum Gasteiger partial charge on any atom is 0.272 e. The summed E-state index contributed by atoms with van der Waals surface area (Å²) in [7, 11) is -1.53. The van der Waals surface area contributed by atoms with Crippen molar-refractivity contribution >= 4 is 21.9 Å². The highest BCUT2D eigenvalue weighted by Crippen LogP contribution is 2.12. The van der Waals surface area contributed by atoms with E-state index in [9.17, 15) is 13.2 Å². The van der Waals surface area contributed by atoms with Crippen LogP contribution in [-0.2, 0) is 10.0 Å². The molecule has 9 heteroatoms. The van der Waals surface area contributed by atoms with E-state index in [0.717, 1.165) is 0 Å². The molecule has 0 atom stereocenters. The van der Waals surface area contributed by atoms with Crippen LogP contribution in [0.25, 0.3) is 0 Å². The zero-order valence-electron chi connectivity index (χ0n) is 13.0. The molecule has 8 nitrogen and oxygen atoms in total. The molecule has 0 unspecified atom stereocenters. The molecule has 0 spiro atoms. The zero-order chi connectivity index (χ0) is 16.3. The SMILES string of the molecule is CNc1nc(C)cc(C(=O)N2CCCN(S(C)(=O)=O)CC2)n1. The van der Waals surface area contributed by atoms with E-state index in [2.05, 4.69) is 15.3 Å². The van der Waals surface area contributed by atoms with Gasteiger partial charge in [0.1, 0.15) is 5.69 Å². The molecule has 2 rings (SSSR count). The van der Waals surface area contributed by atoms with E-state index >= 15 is 0 Å². The van der Waals surface area contributed by atoms with Crippen molar-refractivity contribution in [2.24, 2.45) is 0 Å². The average Bonchev–Trinajstić information content (AvgIpc) is 2.71. The number of aromatic nitrogens is 2. The summed E-state index contributed by atoms with van der Waals surface area (Å²) in [5.74, 6) is 0.202. The number of rotatable bonds is 3. The number of aryl methyl sites for hydroxylation is 1. The summed E-state index contributed by atoms with van der Waals surface area (Å²) in [6.45, 7) is 3.43. The maximum absolute atomic E-state index is 12.6. The molecule has 0 saturated carbocycles. The Bertz CT molecular complexity index is 662. The summed E-state index contributed by atoms with van der Waals surface area (Å²) in [4.78, 5) is 22.6. The number of carbonyl (C=O) groups is 1. The standard InChI is InChI=1S/C13H21N5O3S/c1-10-9-11(16-13(14-2)15-10)12(19)17-5-4-6-18(8-7-17)22(3,20)21/h9H,4-8H2,1-3H3,(H,14,15,16). The van der Waals surface area contributed by atoms with Crippen molar-refractivity contribution in [1.29, 1.82) is 0 Å². The Morgan fingerprint density at radius 2 is 1.95 bits per heavy atom. The minimum Gasteiger partial charge on any atom is -0.357 e. The molecule has 122 valence electrons. The van der Waals surface area contributed by atoms with Gasteiger partial charge in [-0.1, -0.05) is 0 Å². The van der Waals surface area contributed by atoms with Crippen molar-refractivity contribution in [2.45, 2.75) is 13.3 Å². The Kier molecular flexibility index (Phi) is 4.97. The first-order chi connectivity index (χ1) is 10.3. The van der Waals surface area contributed by atoms with Gasteiger partial charge in [-0.2, -0.15) is 0 Å². The second-order valence-electron chi connectivity index (χ2n) is 5.28. The molecule has 0 bridgehead atoms. The topological polar surface area (TPSA) is 95.5 Å². The lowest BCUT2D eigenvalue weighted by Crippen LogP contribution is -2.37. The Morgan fingerprint density at radius 1 is 1.23 bits per heavy atom. The van der Waals surface area contributed by atoms with E-state index in [1.807, 2.05) is 0 Å². The second kappa shape index (κ2) is 6.57. The fourth-order valence-corrected chi connectivity index (χ4v) is 3.25. The van der Waals surface area contributed by atoms with Crippen LogP contribution in [0.15, 0.2) is 6.07 Å². The third kappa shape index (κ3) is 3.92. The molecule has 1 aliphatic rings. The van der Waals surface area contributed by atoms with Crippen molar-refractivity contribution in [2.75, 3.05) is 44.8 Å². The zero-order valence-corrected chi connectivity index (χ0v) is 13.9. The summed E-state index contributed by atoms with van der Waals surface area (Å²) in [6, 6.07) is 1.64. The second-order valence-corrected chi connectivity index (χ2v) is 7.26. The molecule has 0 radical (unpaired) electrons. The van der Waals surface area contributed by atoms with E-state index in [1.165, 1.54) is 10.6 Å². The van der Waals surface area contributed by atoms with Gasteiger partial charge in [0, 0.05) is 38.9 Å². The third-order valence-electron chi connectivity index (χ3n) is 3.51. The molecule has 22 heavy (non-hydrogen) atoms. The van der Waals surface area contributed by atoms with E-state index in [-0.39, 0.29) is 5.91 Å². The number of anilines is 1. The quantitative estimate of drug-likeness (QED) is 0.835. The van der Waals surface area contributed by atoms with Gasteiger partial charge in [-0.05, 0) is 19.4 Å². The van der Waals surface area contributed by atoms with Crippen LogP contribution in [0.4, 0.5) is 5.95 Å². The van der Waals surface area contributed by atoms with Crippen LogP contribution in [0.1, 0.15) is 22.6 Å². The summed E-state index contributed by atoms with van der Waals surface area (Å²) >= 11 is 0. The van der Waals surface area contributed by atoms with Crippen molar-refractivity contribution in [1.82, 2.24) is 19.2 Å². The summed E-state index contributed by atoms with van der Waals surface area (Å²) < 4.78 is 24.6. The average molecular weight is 327 g/mol. The van der Waals surface area contributed by atoms with Crippen LogP contribution >= 0.6 is 0 Å². The lowest BCUT2D eigenvalue weighted by molar-refractivity contribution is 0.0758. The van der Waals surface area contributed by atoms with Crippen molar-refractivity contribution < 1.29 is 13.2 Å². The normalized spacial score (nSPS) is 17.1. The number of carbonyl (C=O) groups excluding carboxylic acids is 1. The van der Waals surface area contributed by atoms with Crippen LogP contribution < -0.4 is 5.32 Å². The molecule has 1 amide bonds. The van der Waals surface area contributed by atoms with Gasteiger partial charge in [-0.3, -0.25) is 4.79 Å². The highest BCUT2D eigenvalue weighted by Gasteiger charge is 2.25. The predicted octanol–water partition coefficient (Wildman–Crippen LogP) is -0.0658. The fraction of sp³-hybridized carbons (Fsp3) is 0.615. The smallest absolute Gasteiger partial charge is 0.272 e. The molecule has 1 saturated heterocycles. The van der Waals surface area contributed by atoms with E-state index in [0.29, 0.717) is 49.9 Å². The predicted molar refractivity (Wildman–Crippen MR) is 83.3 cm³/mol. The van der Waals surface area contributed by atoms with Crippen molar-refractivity contribution in [3.8, 4) is 0 Å². The highest BCUT2D eigenvalue weighted by atomic mass is 32.2. The number of hydrogen-bond acceptors (Lipinski definition) is 6. The van der Waals surface area contributed by atoms with E-state index in [1.54, 1.807) is 24.9 Å². The van der Waals surface area contributed by atoms with Gasteiger partial charge < -0.3 is 10.2 Å². The molecule has 2 heterocycles. The Labute approximate surface area is 130 Å². The van der Waals surface area contributed by atoms with Crippen LogP contribution in [0.3, 0.4) is 0 Å². The van der Waals surface area contributed by atoms with Crippen molar-refractivity contribution in [3.05, 3.63) is 17.5 Å². The molecule has 1 aliphatic heterocycles. The minimum absolute atomic E-state index is 0.197. The molecular formula is C13H21N5O3S. The largest absolute Gasteiger partial charge is 0.357 e. The highest BCUT2D eigenvalue weighted by molar-refractivity contribution is 7.88. The molecule has 1 N–H and O–H groups in total. The van der Waals surface area contributed by atoms with Crippen LogP contribution in [0.2, 0.25) is 0 Å². The van der Waals surface area contributed by atoms with Gasteiger partial charge in [0.05, 0.1) is 6.26 Å². The first kappa shape index (κ1) is 16.6. The van der Waals surface area contributed by atoms with Crippen LogP contribution in [-0.4, -0.2) is 73.0 Å². The van der Waals surface area contributed by atoms with Gasteiger partial charge in [-0.25, -0.2) is 22.7 Å². The van der Waals surface area contributed by atoms with E-state index < -0.39 is 10.0 Å². The summed E-state index contributed by atoms with van der Waals surface area (Å²) in [5, 5.41) is 2.82. The number of amides is 1. The molecule has 1 aromatic heterocycles. The summed E-state index contributed by atoms with van der Waals surface area (Å²) in [5.41, 5.74) is 1.03. The third-order valence-corrected chi connectivity index (χ3v) is 4.81. The van der Waals surface area contributed by atoms with E-state index in [4.69, 9.17) is 0 Å². The molecular weight excluding hydrogens is 306 g/mol. The van der Waals surface area contributed by atoms with Gasteiger partial charge in [0.15, 0.2) is 0 Å². The maximum atomic E-state index is 12.6. The molecule has 1 fully saturated rings. The first-order valence-electron chi connectivity index (χ1n) is 7.09. The van der Waals surface area contributed by atoms with Gasteiger partial charge in [0.25, 0.3) is 5.91 Å². The lowest BCUT2D eigenvalue weighted by Gasteiger charge is -2.21. The molecule has 0 aliphatic carbocycles. The molecule has 0 aromatic carbocycles. The van der Waals surface area contributed by atoms with Gasteiger partial charge >= 0.3 is 0 Å². The van der Waals surface area contributed by atoms with Gasteiger partial charge in [-0.15, -0.1) is 0 Å². The van der Waals surface area contributed by atoms with Crippen LogP contribution in [0.5, 0.6) is 0 Å².